The highest BCUT2D eigenvalue weighted by atomic mass is 35.7. The Kier molecular flexibility index (Phi) is 3.41. The van der Waals surface area contributed by atoms with E-state index < -0.39 is 9.05 Å². The van der Waals surface area contributed by atoms with Gasteiger partial charge in [-0.25, -0.2) is 8.42 Å². The van der Waals surface area contributed by atoms with Gasteiger partial charge in [0, 0.05) is 28.1 Å². The van der Waals surface area contributed by atoms with Gasteiger partial charge in [0.05, 0.1) is 0 Å². The first-order valence-corrected chi connectivity index (χ1v) is 7.75. The van der Waals surface area contributed by atoms with Crippen LogP contribution in [0.2, 0.25) is 0 Å². The predicted octanol–water partition coefficient (Wildman–Crippen LogP) is 3.36. The molecule has 0 N–H and O–H groups in total. The van der Waals surface area contributed by atoms with E-state index in [4.69, 9.17) is 10.7 Å². The summed E-state index contributed by atoms with van der Waals surface area (Å²) in [6.07, 6.45) is 0.234. The molecule has 0 aliphatic heterocycles. The highest BCUT2D eigenvalue weighted by molar-refractivity contribution is 8.14. The molecule has 0 bridgehead atoms. The molecule has 0 atom stereocenters. The molecule has 0 radical (unpaired) electrons. The van der Waals surface area contributed by atoms with Gasteiger partial charge < -0.3 is 0 Å². The van der Waals surface area contributed by atoms with Crippen LogP contribution in [0.4, 0.5) is 0 Å². The minimum Gasteiger partial charge on any atom is -0.294 e. The number of carbonyl (C=O) groups excluding carboxylic acids is 1. The molecule has 18 heavy (non-hydrogen) atoms. The second kappa shape index (κ2) is 4.71. The molecule has 0 saturated carbocycles. The molecular formula is C13H11ClO3S. The molecular weight excluding hydrogens is 272 g/mol. The summed E-state index contributed by atoms with van der Waals surface area (Å²) in [5.41, 5.74) is 0.159. The Morgan fingerprint density at radius 3 is 2.44 bits per heavy atom. The normalized spacial score (nSPS) is 11.7. The SMILES string of the molecule is CCC(=O)c1ccc2ccccc2c1S(=O)(=O)Cl. The van der Waals surface area contributed by atoms with Crippen molar-refractivity contribution in [2.45, 2.75) is 18.2 Å². The van der Waals surface area contributed by atoms with Crippen LogP contribution in [0.25, 0.3) is 10.8 Å². The van der Waals surface area contributed by atoms with Crippen LogP contribution in [0.15, 0.2) is 41.3 Å². The number of hydrogen-bond acceptors (Lipinski definition) is 3. The molecule has 5 heteroatoms. The van der Waals surface area contributed by atoms with Crippen molar-refractivity contribution in [2.75, 3.05) is 0 Å². The number of ketones is 1. The summed E-state index contributed by atoms with van der Waals surface area (Å²) >= 11 is 0. The van der Waals surface area contributed by atoms with Crippen molar-refractivity contribution in [3.63, 3.8) is 0 Å². The maximum absolute atomic E-state index is 11.8. The minimum absolute atomic E-state index is 0.0888. The highest BCUT2D eigenvalue weighted by Gasteiger charge is 2.22. The molecule has 0 aromatic heterocycles. The lowest BCUT2D eigenvalue weighted by Crippen LogP contribution is -2.05. The van der Waals surface area contributed by atoms with Gasteiger partial charge in [0.25, 0.3) is 9.05 Å². The van der Waals surface area contributed by atoms with Crippen LogP contribution >= 0.6 is 10.7 Å². The van der Waals surface area contributed by atoms with Gasteiger partial charge in [-0.15, -0.1) is 0 Å². The van der Waals surface area contributed by atoms with Crippen molar-refractivity contribution >= 4 is 36.3 Å². The van der Waals surface area contributed by atoms with E-state index in [1.54, 1.807) is 37.3 Å². The van der Waals surface area contributed by atoms with E-state index in [9.17, 15) is 13.2 Å². The second-order valence-corrected chi connectivity index (χ2v) is 6.38. The standard InChI is InChI=1S/C13H11ClO3S/c1-2-12(15)11-8-7-9-5-3-4-6-10(9)13(11)18(14,16)17/h3-8H,2H2,1H3. The molecule has 0 saturated heterocycles. The van der Waals surface area contributed by atoms with Gasteiger partial charge in [-0.1, -0.05) is 37.3 Å². The van der Waals surface area contributed by atoms with Gasteiger partial charge >= 0.3 is 0 Å². The van der Waals surface area contributed by atoms with Crippen LogP contribution < -0.4 is 0 Å². The molecule has 94 valence electrons. The Bertz CT molecular complexity index is 720. The molecule has 2 aromatic carbocycles. The van der Waals surface area contributed by atoms with Gasteiger partial charge in [0.2, 0.25) is 0 Å². The van der Waals surface area contributed by atoms with Gasteiger partial charge in [0.1, 0.15) is 4.90 Å². The Hall–Kier alpha value is -1.39. The van der Waals surface area contributed by atoms with Gasteiger partial charge in [-0.3, -0.25) is 4.79 Å². The minimum atomic E-state index is -3.96. The fraction of sp³-hybridized carbons (Fsp3) is 0.154. The fourth-order valence-electron chi connectivity index (χ4n) is 1.92. The monoisotopic (exact) mass is 282 g/mol. The van der Waals surface area contributed by atoms with Crippen LogP contribution in [-0.2, 0) is 9.05 Å². The average Bonchev–Trinajstić information content (AvgIpc) is 2.35. The smallest absolute Gasteiger partial charge is 0.262 e. The van der Waals surface area contributed by atoms with E-state index in [0.29, 0.717) is 5.39 Å². The van der Waals surface area contributed by atoms with E-state index >= 15 is 0 Å². The third-order valence-electron chi connectivity index (χ3n) is 2.74. The van der Waals surface area contributed by atoms with Crippen LogP contribution in [0.1, 0.15) is 23.7 Å². The van der Waals surface area contributed by atoms with Crippen LogP contribution in [-0.4, -0.2) is 14.2 Å². The van der Waals surface area contributed by atoms with Gasteiger partial charge in [0.15, 0.2) is 5.78 Å². The number of fused-ring (bicyclic) bond motifs is 1. The van der Waals surface area contributed by atoms with Gasteiger partial charge in [-0.05, 0) is 11.5 Å². The zero-order valence-electron chi connectivity index (χ0n) is 9.68. The predicted molar refractivity (Wildman–Crippen MR) is 71.6 cm³/mol. The number of benzene rings is 2. The zero-order valence-corrected chi connectivity index (χ0v) is 11.3. The third kappa shape index (κ3) is 2.26. The fourth-order valence-corrected chi connectivity index (χ4v) is 3.31. The van der Waals surface area contributed by atoms with Crippen molar-refractivity contribution in [2.24, 2.45) is 0 Å². The van der Waals surface area contributed by atoms with E-state index in [2.05, 4.69) is 0 Å². The summed E-state index contributed by atoms with van der Waals surface area (Å²) in [4.78, 5) is 11.7. The molecule has 0 heterocycles. The molecule has 0 aliphatic carbocycles. The molecule has 2 aromatic rings. The largest absolute Gasteiger partial charge is 0.294 e. The molecule has 2 rings (SSSR count). The van der Waals surface area contributed by atoms with E-state index in [0.717, 1.165) is 5.39 Å². The topological polar surface area (TPSA) is 51.2 Å². The summed E-state index contributed by atoms with van der Waals surface area (Å²) in [5, 5.41) is 1.22. The molecule has 0 amide bonds. The first kappa shape index (κ1) is 13.1. The Balaban J connectivity index is 2.93. The van der Waals surface area contributed by atoms with Crippen molar-refractivity contribution in [3.05, 3.63) is 42.0 Å². The summed E-state index contributed by atoms with van der Waals surface area (Å²) in [5.74, 6) is -0.236. The third-order valence-corrected chi connectivity index (χ3v) is 4.14. The van der Waals surface area contributed by atoms with Gasteiger partial charge in [-0.2, -0.15) is 0 Å². The Morgan fingerprint density at radius 2 is 1.83 bits per heavy atom. The molecule has 0 unspecified atom stereocenters. The summed E-state index contributed by atoms with van der Waals surface area (Å²) < 4.78 is 23.4. The first-order chi connectivity index (χ1) is 8.45. The Labute approximate surface area is 110 Å². The molecule has 0 spiro atoms. The quantitative estimate of drug-likeness (QED) is 0.641. The number of carbonyl (C=O) groups is 1. The lowest BCUT2D eigenvalue weighted by atomic mass is 10.0. The maximum Gasteiger partial charge on any atom is 0.262 e. The van der Waals surface area contributed by atoms with Crippen molar-refractivity contribution in [1.29, 1.82) is 0 Å². The number of hydrogen-bond donors (Lipinski definition) is 0. The number of Topliss-reactive ketones (excluding diaryl/α,β-unsaturated/α-hetero) is 1. The van der Waals surface area contributed by atoms with Crippen molar-refractivity contribution < 1.29 is 13.2 Å². The molecule has 3 nitrogen and oxygen atoms in total. The molecule has 0 fully saturated rings. The number of rotatable bonds is 3. The lowest BCUT2D eigenvalue weighted by Gasteiger charge is -2.08. The average molecular weight is 283 g/mol. The van der Waals surface area contributed by atoms with E-state index in [1.807, 2.05) is 0 Å². The summed E-state index contributed by atoms with van der Waals surface area (Å²) in [6, 6.07) is 10.2. The van der Waals surface area contributed by atoms with Crippen LogP contribution in [0.5, 0.6) is 0 Å². The van der Waals surface area contributed by atoms with Crippen molar-refractivity contribution in [3.8, 4) is 0 Å². The molecule has 0 aliphatic rings. The lowest BCUT2D eigenvalue weighted by molar-refractivity contribution is 0.0985. The zero-order chi connectivity index (χ0) is 13.3. The van der Waals surface area contributed by atoms with Crippen LogP contribution in [0.3, 0.4) is 0 Å². The highest BCUT2D eigenvalue weighted by Crippen LogP contribution is 2.30. The van der Waals surface area contributed by atoms with E-state index in [-0.39, 0.29) is 22.7 Å². The summed E-state index contributed by atoms with van der Waals surface area (Å²) in [6.45, 7) is 1.68. The van der Waals surface area contributed by atoms with E-state index in [1.165, 1.54) is 6.07 Å². The number of halogens is 1. The van der Waals surface area contributed by atoms with Crippen LogP contribution in [0, 0.1) is 0 Å². The Morgan fingerprint density at radius 1 is 1.17 bits per heavy atom. The first-order valence-electron chi connectivity index (χ1n) is 5.44. The summed E-state index contributed by atoms with van der Waals surface area (Å²) in [7, 11) is 1.50. The maximum atomic E-state index is 11.8. The van der Waals surface area contributed by atoms with Crippen molar-refractivity contribution in [1.82, 2.24) is 0 Å². The second-order valence-electron chi connectivity index (χ2n) is 3.88.